The second-order valence-corrected chi connectivity index (χ2v) is 3.55. The smallest absolute Gasteiger partial charge is 0.323 e. The first-order chi connectivity index (χ1) is 6.56. The van der Waals surface area contributed by atoms with Gasteiger partial charge in [-0.25, -0.2) is 4.79 Å². The number of carbonyl (C=O) groups excluding carboxylic acids is 1. The molecule has 14 heavy (non-hydrogen) atoms. The van der Waals surface area contributed by atoms with Crippen LogP contribution in [-0.4, -0.2) is 53.1 Å². The molecule has 1 aliphatic rings. The van der Waals surface area contributed by atoms with Gasteiger partial charge in [0.15, 0.2) is 0 Å². The third-order valence-corrected chi connectivity index (χ3v) is 2.34. The van der Waals surface area contributed by atoms with Crippen molar-refractivity contribution < 1.29 is 14.7 Å². The molecule has 0 spiro atoms. The first kappa shape index (κ1) is 10.8. The van der Waals surface area contributed by atoms with Gasteiger partial charge in [-0.3, -0.25) is 4.79 Å². The number of hydrogen-bond acceptors (Lipinski definition) is 2. The van der Waals surface area contributed by atoms with Gasteiger partial charge in [-0.1, -0.05) is 0 Å². The van der Waals surface area contributed by atoms with Crippen LogP contribution in [0.1, 0.15) is 19.8 Å². The quantitative estimate of drug-likeness (QED) is 0.723. The topological polar surface area (TPSA) is 60.9 Å². The van der Waals surface area contributed by atoms with Gasteiger partial charge < -0.3 is 14.9 Å². The highest BCUT2D eigenvalue weighted by Gasteiger charge is 2.34. The van der Waals surface area contributed by atoms with Crippen LogP contribution < -0.4 is 0 Å². The van der Waals surface area contributed by atoms with Crippen LogP contribution >= 0.6 is 0 Å². The van der Waals surface area contributed by atoms with Gasteiger partial charge in [-0.05, 0) is 19.8 Å². The molecule has 0 atom stereocenters. The largest absolute Gasteiger partial charge is 0.480 e. The van der Waals surface area contributed by atoms with E-state index in [1.807, 2.05) is 6.92 Å². The maximum Gasteiger partial charge on any atom is 0.323 e. The van der Waals surface area contributed by atoms with Crippen LogP contribution in [0, 0.1) is 0 Å². The molecule has 0 aromatic rings. The lowest BCUT2D eigenvalue weighted by molar-refractivity contribution is -0.137. The van der Waals surface area contributed by atoms with Gasteiger partial charge in [0, 0.05) is 19.6 Å². The summed E-state index contributed by atoms with van der Waals surface area (Å²) in [5.74, 6) is -0.949. The van der Waals surface area contributed by atoms with E-state index in [2.05, 4.69) is 0 Å². The minimum Gasteiger partial charge on any atom is -0.480 e. The zero-order valence-electron chi connectivity index (χ0n) is 8.56. The Kier molecular flexibility index (Phi) is 3.33. The van der Waals surface area contributed by atoms with Gasteiger partial charge in [0.25, 0.3) is 0 Å². The van der Waals surface area contributed by atoms with Crippen molar-refractivity contribution in [2.45, 2.75) is 25.8 Å². The maximum atomic E-state index is 11.7. The highest BCUT2D eigenvalue weighted by Crippen LogP contribution is 2.27. The Bertz CT molecular complexity index is 238. The number of urea groups is 1. The standard InChI is InChI=1S/C9H16N2O3/c1-3-10(2)9(14)11(6-8(12)13)7-4-5-7/h7H,3-6H2,1-2H3,(H,12,13). The molecular weight excluding hydrogens is 184 g/mol. The zero-order valence-corrected chi connectivity index (χ0v) is 8.56. The van der Waals surface area contributed by atoms with Crippen molar-refractivity contribution >= 4 is 12.0 Å². The van der Waals surface area contributed by atoms with Crippen LogP contribution in [0.25, 0.3) is 0 Å². The van der Waals surface area contributed by atoms with E-state index < -0.39 is 5.97 Å². The molecule has 0 aromatic heterocycles. The van der Waals surface area contributed by atoms with E-state index in [9.17, 15) is 9.59 Å². The summed E-state index contributed by atoms with van der Waals surface area (Å²) >= 11 is 0. The first-order valence-electron chi connectivity index (χ1n) is 4.79. The number of aliphatic carboxylic acids is 1. The van der Waals surface area contributed by atoms with Crippen LogP contribution in [0.3, 0.4) is 0 Å². The minimum absolute atomic E-state index is 0.146. The molecule has 0 bridgehead atoms. The lowest BCUT2D eigenvalue weighted by Gasteiger charge is -2.25. The van der Waals surface area contributed by atoms with E-state index in [1.165, 1.54) is 9.80 Å². The lowest BCUT2D eigenvalue weighted by atomic mass is 10.4. The number of carbonyl (C=O) groups is 2. The van der Waals surface area contributed by atoms with Gasteiger partial charge in [-0.15, -0.1) is 0 Å². The first-order valence-corrected chi connectivity index (χ1v) is 4.79. The highest BCUT2D eigenvalue weighted by atomic mass is 16.4. The van der Waals surface area contributed by atoms with E-state index in [4.69, 9.17) is 5.11 Å². The molecule has 0 heterocycles. The predicted octanol–water partition coefficient (Wildman–Crippen LogP) is 0.607. The Labute approximate surface area is 83.3 Å². The maximum absolute atomic E-state index is 11.7. The van der Waals surface area contributed by atoms with Crippen molar-refractivity contribution in [3.05, 3.63) is 0 Å². The Morgan fingerprint density at radius 3 is 2.36 bits per heavy atom. The SMILES string of the molecule is CCN(C)C(=O)N(CC(=O)O)C1CC1. The summed E-state index contributed by atoms with van der Waals surface area (Å²) in [6.07, 6.45) is 1.85. The second-order valence-electron chi connectivity index (χ2n) is 3.55. The normalized spacial score (nSPS) is 15.0. The molecule has 1 saturated carbocycles. The summed E-state index contributed by atoms with van der Waals surface area (Å²) in [6, 6.07) is -0.0370. The van der Waals surface area contributed by atoms with Crippen molar-refractivity contribution in [2.24, 2.45) is 0 Å². The summed E-state index contributed by atoms with van der Waals surface area (Å²) in [4.78, 5) is 25.2. The number of hydrogen-bond donors (Lipinski definition) is 1. The van der Waals surface area contributed by atoms with Gasteiger partial charge in [-0.2, -0.15) is 0 Å². The number of carboxylic acid groups (broad SMARTS) is 1. The zero-order chi connectivity index (χ0) is 10.7. The fourth-order valence-corrected chi connectivity index (χ4v) is 1.24. The Morgan fingerprint density at radius 1 is 1.43 bits per heavy atom. The summed E-state index contributed by atoms with van der Waals surface area (Å²) in [5, 5.41) is 8.65. The fourth-order valence-electron chi connectivity index (χ4n) is 1.24. The van der Waals surface area contributed by atoms with E-state index in [1.54, 1.807) is 7.05 Å². The predicted molar refractivity (Wildman–Crippen MR) is 51.1 cm³/mol. The van der Waals surface area contributed by atoms with Crippen LogP contribution in [0.15, 0.2) is 0 Å². The summed E-state index contributed by atoms with van der Waals surface area (Å²) in [6.45, 7) is 2.28. The van der Waals surface area contributed by atoms with Gasteiger partial charge >= 0.3 is 12.0 Å². The Hall–Kier alpha value is -1.26. The number of carboxylic acids is 1. The van der Waals surface area contributed by atoms with Crippen LogP contribution in [0.4, 0.5) is 4.79 Å². The third-order valence-electron chi connectivity index (χ3n) is 2.34. The second kappa shape index (κ2) is 4.30. The van der Waals surface area contributed by atoms with Gasteiger partial charge in [0.1, 0.15) is 6.54 Å². The van der Waals surface area contributed by atoms with Crippen molar-refractivity contribution in [1.82, 2.24) is 9.80 Å². The molecule has 5 nitrogen and oxygen atoms in total. The van der Waals surface area contributed by atoms with Crippen molar-refractivity contribution in [2.75, 3.05) is 20.1 Å². The van der Waals surface area contributed by atoms with E-state index in [-0.39, 0.29) is 18.6 Å². The molecule has 80 valence electrons. The Balaban J connectivity index is 2.57. The molecule has 0 saturated heterocycles. The summed E-state index contributed by atoms with van der Waals surface area (Å²) < 4.78 is 0. The van der Waals surface area contributed by atoms with Crippen LogP contribution in [-0.2, 0) is 4.79 Å². The van der Waals surface area contributed by atoms with Crippen molar-refractivity contribution in [1.29, 1.82) is 0 Å². The molecule has 0 unspecified atom stereocenters. The minimum atomic E-state index is -0.949. The highest BCUT2D eigenvalue weighted by molar-refractivity contribution is 5.80. The monoisotopic (exact) mass is 200 g/mol. The molecule has 1 N–H and O–H groups in total. The van der Waals surface area contributed by atoms with E-state index in [0.717, 1.165) is 12.8 Å². The van der Waals surface area contributed by atoms with E-state index in [0.29, 0.717) is 6.54 Å². The molecule has 5 heteroatoms. The average Bonchev–Trinajstić information content (AvgIpc) is 2.94. The number of rotatable bonds is 4. The van der Waals surface area contributed by atoms with Crippen LogP contribution in [0.5, 0.6) is 0 Å². The molecule has 0 aromatic carbocycles. The van der Waals surface area contributed by atoms with Crippen LogP contribution in [0.2, 0.25) is 0 Å². The molecule has 0 aliphatic heterocycles. The molecular formula is C9H16N2O3. The fraction of sp³-hybridized carbons (Fsp3) is 0.778. The molecule has 1 aliphatic carbocycles. The van der Waals surface area contributed by atoms with Gasteiger partial charge in [0.2, 0.25) is 0 Å². The number of amides is 2. The van der Waals surface area contributed by atoms with E-state index >= 15 is 0 Å². The molecule has 1 fully saturated rings. The molecule has 0 radical (unpaired) electrons. The number of nitrogens with zero attached hydrogens (tertiary/aromatic N) is 2. The van der Waals surface area contributed by atoms with Crippen molar-refractivity contribution in [3.63, 3.8) is 0 Å². The third kappa shape index (κ3) is 2.61. The molecule has 1 rings (SSSR count). The summed E-state index contributed by atoms with van der Waals surface area (Å²) in [7, 11) is 1.68. The molecule has 2 amide bonds. The van der Waals surface area contributed by atoms with Crippen molar-refractivity contribution in [3.8, 4) is 0 Å². The summed E-state index contributed by atoms with van der Waals surface area (Å²) in [5.41, 5.74) is 0. The average molecular weight is 200 g/mol. The lowest BCUT2D eigenvalue weighted by Crippen LogP contribution is -2.44. The van der Waals surface area contributed by atoms with Gasteiger partial charge in [0.05, 0.1) is 0 Å². The Morgan fingerprint density at radius 2 is 2.00 bits per heavy atom.